The Kier molecular flexibility index (Phi) is 4.89. The maximum Gasteiger partial charge on any atom is 0.416 e. The Bertz CT molecular complexity index is 870. The van der Waals surface area contributed by atoms with Crippen molar-refractivity contribution in [2.24, 2.45) is 0 Å². The van der Waals surface area contributed by atoms with E-state index >= 15 is 0 Å². The number of halogens is 4. The maximum atomic E-state index is 12.6. The molecule has 0 saturated carbocycles. The normalized spacial score (nSPS) is 11.3. The molecule has 3 rings (SSSR count). The average Bonchev–Trinajstić information content (AvgIpc) is 2.89. The minimum atomic E-state index is -4.34. The summed E-state index contributed by atoms with van der Waals surface area (Å²) < 4.78 is 37.7. The van der Waals surface area contributed by atoms with E-state index in [0.717, 1.165) is 28.6 Å². The molecule has 7 heteroatoms. The third kappa shape index (κ3) is 3.54. The summed E-state index contributed by atoms with van der Waals surface area (Å²) in [7, 11) is 0. The van der Waals surface area contributed by atoms with Crippen LogP contribution in [0.25, 0.3) is 10.9 Å². The second-order valence-electron chi connectivity index (χ2n) is 5.25. The lowest BCUT2D eigenvalue weighted by Gasteiger charge is -2.07. The summed E-state index contributed by atoms with van der Waals surface area (Å²) in [5.41, 5.74) is 1.84. The van der Waals surface area contributed by atoms with Gasteiger partial charge in [0, 0.05) is 17.1 Å². The number of aromatic carboxylic acids is 1. The van der Waals surface area contributed by atoms with Gasteiger partial charge in [0.15, 0.2) is 0 Å². The second-order valence-corrected chi connectivity index (χ2v) is 5.25. The van der Waals surface area contributed by atoms with Crippen molar-refractivity contribution >= 4 is 29.3 Å². The van der Waals surface area contributed by atoms with Gasteiger partial charge in [0.25, 0.3) is 0 Å². The molecule has 0 unspecified atom stereocenters. The van der Waals surface area contributed by atoms with E-state index in [2.05, 4.69) is 4.98 Å². The summed E-state index contributed by atoms with van der Waals surface area (Å²) in [6, 6.07) is 9.78. The Labute approximate surface area is 141 Å². The van der Waals surface area contributed by atoms with E-state index < -0.39 is 17.7 Å². The summed E-state index contributed by atoms with van der Waals surface area (Å²) in [5.74, 6) is -1.01. The first-order valence-corrected chi connectivity index (χ1v) is 6.84. The number of aromatic amines is 1. The van der Waals surface area contributed by atoms with Gasteiger partial charge in [0.2, 0.25) is 0 Å². The van der Waals surface area contributed by atoms with E-state index in [4.69, 9.17) is 5.11 Å². The number of fused-ring (bicyclic) bond motifs is 1. The molecule has 0 aliphatic rings. The number of carbonyl (C=O) groups is 1. The van der Waals surface area contributed by atoms with Crippen molar-refractivity contribution in [2.75, 3.05) is 0 Å². The van der Waals surface area contributed by atoms with Gasteiger partial charge in [-0.2, -0.15) is 13.2 Å². The van der Waals surface area contributed by atoms with Crippen molar-refractivity contribution in [3.05, 3.63) is 70.9 Å². The Morgan fingerprint density at radius 2 is 1.75 bits per heavy atom. The highest BCUT2D eigenvalue weighted by Gasteiger charge is 2.29. The Balaban J connectivity index is 0.00000208. The first kappa shape index (κ1) is 17.9. The predicted molar refractivity (Wildman–Crippen MR) is 86.8 cm³/mol. The molecular formula is C17H13ClF3NO2. The molecule has 0 fully saturated rings. The smallest absolute Gasteiger partial charge is 0.416 e. The number of aromatic nitrogens is 1. The number of carboxylic acid groups (broad SMARTS) is 1. The van der Waals surface area contributed by atoms with Gasteiger partial charge in [-0.05, 0) is 41.8 Å². The molecule has 1 aromatic heterocycles. The van der Waals surface area contributed by atoms with Crippen LogP contribution in [0.15, 0.2) is 48.7 Å². The van der Waals surface area contributed by atoms with Crippen LogP contribution in [0.1, 0.15) is 27.0 Å². The number of hydrogen-bond donors (Lipinski definition) is 2. The largest absolute Gasteiger partial charge is 0.478 e. The van der Waals surface area contributed by atoms with Crippen molar-refractivity contribution in [2.45, 2.75) is 12.6 Å². The van der Waals surface area contributed by atoms with Crippen molar-refractivity contribution in [3.8, 4) is 0 Å². The van der Waals surface area contributed by atoms with Crippen LogP contribution in [0, 0.1) is 0 Å². The monoisotopic (exact) mass is 355 g/mol. The third-order valence-electron chi connectivity index (χ3n) is 3.69. The van der Waals surface area contributed by atoms with E-state index in [1.54, 1.807) is 12.3 Å². The highest BCUT2D eigenvalue weighted by Crippen LogP contribution is 2.30. The van der Waals surface area contributed by atoms with Crippen LogP contribution in [0.4, 0.5) is 13.2 Å². The maximum absolute atomic E-state index is 12.6. The first-order valence-electron chi connectivity index (χ1n) is 6.84. The minimum Gasteiger partial charge on any atom is -0.478 e. The summed E-state index contributed by atoms with van der Waals surface area (Å²) in [6.07, 6.45) is -2.13. The van der Waals surface area contributed by atoms with E-state index in [1.807, 2.05) is 0 Å². The van der Waals surface area contributed by atoms with E-state index in [0.29, 0.717) is 11.9 Å². The number of carboxylic acids is 1. The van der Waals surface area contributed by atoms with Gasteiger partial charge in [0.1, 0.15) is 0 Å². The molecular weight excluding hydrogens is 343 g/mol. The van der Waals surface area contributed by atoms with Crippen LogP contribution in [-0.2, 0) is 12.6 Å². The van der Waals surface area contributed by atoms with Crippen LogP contribution < -0.4 is 0 Å². The van der Waals surface area contributed by atoms with Crippen LogP contribution in [0.5, 0.6) is 0 Å². The second kappa shape index (κ2) is 6.57. The molecule has 0 aliphatic heterocycles. The van der Waals surface area contributed by atoms with Gasteiger partial charge in [-0.15, -0.1) is 12.4 Å². The number of hydrogen-bond acceptors (Lipinski definition) is 1. The van der Waals surface area contributed by atoms with E-state index in [-0.39, 0.29) is 18.0 Å². The van der Waals surface area contributed by atoms with Crippen molar-refractivity contribution < 1.29 is 23.1 Å². The molecule has 0 amide bonds. The zero-order valence-corrected chi connectivity index (χ0v) is 13.0. The molecule has 0 spiro atoms. The fraction of sp³-hybridized carbons (Fsp3) is 0.118. The lowest BCUT2D eigenvalue weighted by atomic mass is 10.0. The fourth-order valence-electron chi connectivity index (χ4n) is 2.50. The lowest BCUT2D eigenvalue weighted by molar-refractivity contribution is -0.137. The zero-order chi connectivity index (χ0) is 16.6. The summed E-state index contributed by atoms with van der Waals surface area (Å²) in [5, 5.41) is 9.83. The van der Waals surface area contributed by atoms with Crippen molar-refractivity contribution in [1.82, 2.24) is 4.98 Å². The lowest BCUT2D eigenvalue weighted by Crippen LogP contribution is -2.04. The van der Waals surface area contributed by atoms with Crippen LogP contribution in [0.2, 0.25) is 0 Å². The van der Waals surface area contributed by atoms with Gasteiger partial charge in [0.05, 0.1) is 11.1 Å². The number of rotatable bonds is 3. The molecule has 1 heterocycles. The molecule has 0 saturated heterocycles. The molecule has 0 aliphatic carbocycles. The number of alkyl halides is 3. The molecule has 2 aromatic carbocycles. The minimum absolute atomic E-state index is 0. The third-order valence-corrected chi connectivity index (χ3v) is 3.69. The molecule has 0 bridgehead atoms. The number of nitrogens with one attached hydrogen (secondary N) is 1. The quantitative estimate of drug-likeness (QED) is 0.702. The van der Waals surface area contributed by atoms with E-state index in [9.17, 15) is 18.0 Å². The Hall–Kier alpha value is -2.47. The van der Waals surface area contributed by atoms with Crippen molar-refractivity contribution in [3.63, 3.8) is 0 Å². The van der Waals surface area contributed by atoms with Gasteiger partial charge >= 0.3 is 12.1 Å². The molecule has 24 heavy (non-hydrogen) atoms. The van der Waals surface area contributed by atoms with Gasteiger partial charge in [-0.3, -0.25) is 0 Å². The van der Waals surface area contributed by atoms with Gasteiger partial charge < -0.3 is 10.1 Å². The molecule has 0 atom stereocenters. The highest BCUT2D eigenvalue weighted by molar-refractivity contribution is 5.94. The van der Waals surface area contributed by atoms with Gasteiger partial charge in [-0.25, -0.2) is 4.79 Å². The Morgan fingerprint density at radius 1 is 1.08 bits per heavy atom. The summed E-state index contributed by atoms with van der Waals surface area (Å²) in [6.45, 7) is 0. The summed E-state index contributed by atoms with van der Waals surface area (Å²) in [4.78, 5) is 13.9. The standard InChI is InChI=1S/C17H12F3NO2.ClH/c18-17(19,20)13-4-1-10(2-5-13)7-12-9-21-15-8-11(16(22)23)3-6-14(12)15;/h1-6,8-9,21H,7H2,(H,22,23);1H. The molecule has 3 nitrogen and oxygen atoms in total. The first-order chi connectivity index (χ1) is 10.8. The zero-order valence-electron chi connectivity index (χ0n) is 12.2. The van der Waals surface area contributed by atoms with Gasteiger partial charge in [-0.1, -0.05) is 18.2 Å². The SMILES string of the molecule is Cl.O=C(O)c1ccc2c(Cc3ccc(C(F)(F)F)cc3)c[nH]c2c1. The van der Waals surface area contributed by atoms with Crippen molar-refractivity contribution in [1.29, 1.82) is 0 Å². The van der Waals surface area contributed by atoms with Crippen LogP contribution in [-0.4, -0.2) is 16.1 Å². The van der Waals surface area contributed by atoms with Crippen LogP contribution >= 0.6 is 12.4 Å². The van der Waals surface area contributed by atoms with E-state index in [1.165, 1.54) is 24.3 Å². The molecule has 2 N–H and O–H groups in total. The molecule has 0 radical (unpaired) electrons. The highest BCUT2D eigenvalue weighted by atomic mass is 35.5. The Morgan fingerprint density at radius 3 is 2.33 bits per heavy atom. The molecule has 3 aromatic rings. The van der Waals surface area contributed by atoms with Crippen LogP contribution in [0.3, 0.4) is 0 Å². The molecule has 126 valence electrons. The number of H-pyrrole nitrogens is 1. The summed E-state index contributed by atoms with van der Waals surface area (Å²) >= 11 is 0. The topological polar surface area (TPSA) is 53.1 Å². The predicted octanol–water partition coefficient (Wildman–Crippen LogP) is 4.90. The fourth-order valence-corrected chi connectivity index (χ4v) is 2.50. The number of benzene rings is 2. The average molecular weight is 356 g/mol.